The van der Waals surface area contributed by atoms with E-state index >= 15 is 0 Å². The summed E-state index contributed by atoms with van der Waals surface area (Å²) in [6.07, 6.45) is 4.92. The zero-order valence-corrected chi connectivity index (χ0v) is 12.8. The Bertz CT molecular complexity index is 602. The first-order valence-electron chi connectivity index (χ1n) is 7.77. The molecule has 0 saturated heterocycles. The largest absolute Gasteiger partial charge is 0.396 e. The summed E-state index contributed by atoms with van der Waals surface area (Å²) < 4.78 is 2.08. The van der Waals surface area contributed by atoms with Crippen LogP contribution in [0.4, 0.5) is 0 Å². The molecule has 1 aromatic rings. The summed E-state index contributed by atoms with van der Waals surface area (Å²) in [6, 6.07) is 0. The van der Waals surface area contributed by atoms with E-state index in [1.165, 1.54) is 0 Å². The first-order chi connectivity index (χ1) is 10.6. The molecule has 0 saturated carbocycles. The molecule has 0 bridgehead atoms. The van der Waals surface area contributed by atoms with Crippen molar-refractivity contribution in [2.75, 3.05) is 13.2 Å². The number of aromatic amines is 1. The number of hydrogen-bond donors (Lipinski definition) is 3. The molecule has 0 fully saturated rings. The van der Waals surface area contributed by atoms with Crippen molar-refractivity contribution in [2.24, 2.45) is 0 Å². The van der Waals surface area contributed by atoms with E-state index in [-0.39, 0.29) is 26.3 Å². The highest BCUT2D eigenvalue weighted by Crippen LogP contribution is 1.99. The van der Waals surface area contributed by atoms with E-state index in [4.69, 9.17) is 10.2 Å². The van der Waals surface area contributed by atoms with Crippen LogP contribution in [0.2, 0.25) is 0 Å². The number of aromatic nitrogens is 3. The molecule has 0 radical (unpaired) electrons. The smallest absolute Gasteiger partial charge is 0.336 e. The number of aliphatic hydroxyl groups excluding tert-OH is 2. The molecule has 0 aliphatic rings. The van der Waals surface area contributed by atoms with Crippen molar-refractivity contribution in [2.45, 2.75) is 58.0 Å². The molecule has 0 unspecified atom stereocenters. The minimum Gasteiger partial charge on any atom is -0.396 e. The van der Waals surface area contributed by atoms with Gasteiger partial charge in [0.25, 0.3) is 0 Å². The Morgan fingerprint density at radius 3 is 1.55 bits per heavy atom. The van der Waals surface area contributed by atoms with E-state index < -0.39 is 17.1 Å². The molecule has 126 valence electrons. The summed E-state index contributed by atoms with van der Waals surface area (Å²) in [7, 11) is 0. The van der Waals surface area contributed by atoms with Crippen molar-refractivity contribution in [3.63, 3.8) is 0 Å². The van der Waals surface area contributed by atoms with Gasteiger partial charge in [-0.2, -0.15) is 0 Å². The van der Waals surface area contributed by atoms with Crippen molar-refractivity contribution < 1.29 is 10.2 Å². The molecule has 8 nitrogen and oxygen atoms in total. The Morgan fingerprint density at radius 1 is 0.682 bits per heavy atom. The summed E-state index contributed by atoms with van der Waals surface area (Å²) in [5, 5.41) is 17.4. The number of H-pyrrole nitrogens is 1. The molecule has 22 heavy (non-hydrogen) atoms. The zero-order valence-electron chi connectivity index (χ0n) is 12.8. The second-order valence-electron chi connectivity index (χ2n) is 5.24. The average Bonchev–Trinajstić information content (AvgIpc) is 2.49. The molecule has 3 N–H and O–H groups in total. The molecule has 0 amide bonds. The van der Waals surface area contributed by atoms with Gasteiger partial charge >= 0.3 is 17.1 Å². The predicted molar refractivity (Wildman–Crippen MR) is 82.1 cm³/mol. The third-order valence-electron chi connectivity index (χ3n) is 3.50. The number of hydrogen-bond acceptors (Lipinski definition) is 5. The van der Waals surface area contributed by atoms with Crippen LogP contribution < -0.4 is 17.1 Å². The van der Waals surface area contributed by atoms with E-state index in [0.29, 0.717) is 32.1 Å². The topological polar surface area (TPSA) is 117 Å². The summed E-state index contributed by atoms with van der Waals surface area (Å²) in [4.78, 5) is 37.8. The van der Waals surface area contributed by atoms with Gasteiger partial charge in [0.2, 0.25) is 0 Å². The van der Waals surface area contributed by atoms with E-state index in [1.54, 1.807) is 0 Å². The lowest BCUT2D eigenvalue weighted by atomic mass is 10.2. The van der Waals surface area contributed by atoms with Gasteiger partial charge in [0, 0.05) is 26.3 Å². The van der Waals surface area contributed by atoms with Crippen molar-refractivity contribution in [3.8, 4) is 0 Å². The Morgan fingerprint density at radius 2 is 1.09 bits per heavy atom. The molecule has 0 atom stereocenters. The van der Waals surface area contributed by atoms with Gasteiger partial charge in [-0.15, -0.1) is 0 Å². The van der Waals surface area contributed by atoms with Crippen LogP contribution in [0.3, 0.4) is 0 Å². The first-order valence-corrected chi connectivity index (χ1v) is 7.77. The molecule has 1 rings (SSSR count). The summed E-state index contributed by atoms with van der Waals surface area (Å²) in [6.45, 7) is 0.716. The quantitative estimate of drug-likeness (QED) is 0.472. The van der Waals surface area contributed by atoms with Crippen molar-refractivity contribution in [3.05, 3.63) is 31.5 Å². The van der Waals surface area contributed by atoms with Crippen LogP contribution in [-0.2, 0) is 13.1 Å². The minimum absolute atomic E-state index is 0.0819. The Hall–Kier alpha value is -1.67. The van der Waals surface area contributed by atoms with Gasteiger partial charge in [0.1, 0.15) is 0 Å². The molecule has 0 spiro atoms. The highest BCUT2D eigenvalue weighted by Gasteiger charge is 2.09. The molecule has 1 aromatic heterocycles. The van der Waals surface area contributed by atoms with Crippen LogP contribution in [0.15, 0.2) is 14.4 Å². The van der Waals surface area contributed by atoms with Gasteiger partial charge < -0.3 is 10.2 Å². The maximum Gasteiger partial charge on any atom is 0.336 e. The first kappa shape index (κ1) is 18.4. The van der Waals surface area contributed by atoms with E-state index in [9.17, 15) is 14.4 Å². The van der Waals surface area contributed by atoms with Crippen LogP contribution in [-0.4, -0.2) is 37.5 Å². The van der Waals surface area contributed by atoms with Crippen molar-refractivity contribution in [1.82, 2.24) is 14.1 Å². The molecular weight excluding hydrogens is 290 g/mol. The molecule has 1 heterocycles. The fourth-order valence-corrected chi connectivity index (χ4v) is 2.23. The molecule has 8 heteroatoms. The Kier molecular flexibility index (Phi) is 8.46. The van der Waals surface area contributed by atoms with Crippen LogP contribution >= 0.6 is 0 Å². The third kappa shape index (κ3) is 5.61. The molecule has 0 aromatic carbocycles. The van der Waals surface area contributed by atoms with Crippen LogP contribution in [0, 0.1) is 0 Å². The zero-order chi connectivity index (χ0) is 16.4. The number of unbranched alkanes of at least 4 members (excludes halogenated alkanes) is 5. The average molecular weight is 315 g/mol. The lowest BCUT2D eigenvalue weighted by Crippen LogP contribution is -2.49. The van der Waals surface area contributed by atoms with Gasteiger partial charge in [0.15, 0.2) is 0 Å². The van der Waals surface area contributed by atoms with Gasteiger partial charge in [0.05, 0.1) is 0 Å². The minimum atomic E-state index is -0.685. The predicted octanol–water partition coefficient (Wildman–Crippen LogP) is -0.586. The lowest BCUT2D eigenvalue weighted by Gasteiger charge is -2.08. The highest BCUT2D eigenvalue weighted by atomic mass is 16.3. The van der Waals surface area contributed by atoms with Crippen LogP contribution in [0.1, 0.15) is 44.9 Å². The van der Waals surface area contributed by atoms with Crippen molar-refractivity contribution in [1.29, 1.82) is 0 Å². The van der Waals surface area contributed by atoms with Gasteiger partial charge in [-0.1, -0.05) is 12.8 Å². The normalized spacial score (nSPS) is 11.0. The van der Waals surface area contributed by atoms with E-state index in [2.05, 4.69) is 4.98 Å². The van der Waals surface area contributed by atoms with Gasteiger partial charge in [-0.25, -0.2) is 23.5 Å². The Labute approximate surface area is 128 Å². The summed E-state index contributed by atoms with van der Waals surface area (Å²) >= 11 is 0. The van der Waals surface area contributed by atoms with Crippen LogP contribution in [0.5, 0.6) is 0 Å². The highest BCUT2D eigenvalue weighted by molar-refractivity contribution is 4.74. The summed E-state index contributed by atoms with van der Waals surface area (Å²) in [5.74, 6) is 0. The van der Waals surface area contributed by atoms with Crippen molar-refractivity contribution >= 4 is 0 Å². The maximum atomic E-state index is 12.2. The number of aliphatic hydroxyl groups is 2. The molecule has 0 aliphatic carbocycles. The van der Waals surface area contributed by atoms with E-state index in [1.807, 2.05) is 0 Å². The standard InChI is InChI=1S/C14H25N3O5/c18-10-6-2-1-4-8-16-12(20)15-13(21)17(14(16)22)9-5-3-7-11-19/h18-19H,1-11H2,(H,15,20,21). The van der Waals surface area contributed by atoms with Crippen LogP contribution in [0.25, 0.3) is 0 Å². The lowest BCUT2D eigenvalue weighted by molar-refractivity contribution is 0.280. The number of rotatable bonds is 11. The fourth-order valence-electron chi connectivity index (χ4n) is 2.23. The Balaban J connectivity index is 2.74. The third-order valence-corrected chi connectivity index (χ3v) is 3.50. The second-order valence-corrected chi connectivity index (χ2v) is 5.24. The second kappa shape index (κ2) is 10.1. The SMILES string of the molecule is O=c1[nH]c(=O)n(CCCCCCO)c(=O)n1CCCCCO. The van der Waals surface area contributed by atoms with Gasteiger partial charge in [-0.05, 0) is 32.1 Å². The number of nitrogens with one attached hydrogen (secondary N) is 1. The summed E-state index contributed by atoms with van der Waals surface area (Å²) in [5.41, 5.74) is -1.95. The maximum absolute atomic E-state index is 12.2. The fraction of sp³-hybridized carbons (Fsp3) is 0.786. The van der Waals surface area contributed by atoms with E-state index in [0.717, 1.165) is 22.0 Å². The van der Waals surface area contributed by atoms with Gasteiger partial charge in [-0.3, -0.25) is 4.98 Å². The number of nitrogens with zero attached hydrogens (tertiary/aromatic N) is 2. The molecular formula is C14H25N3O5. The molecule has 0 aliphatic heterocycles. The monoisotopic (exact) mass is 315 g/mol.